The van der Waals surface area contributed by atoms with Gasteiger partial charge in [0.05, 0.1) is 11.8 Å². The first-order valence-electron chi connectivity index (χ1n) is 9.64. The SMILES string of the molecule is O=P1(N/N=C\c2ccccc2C(F)(F)F)C=C(c2ccccc2)OC(c2ccccc2)=C1. The van der Waals surface area contributed by atoms with Crippen LogP contribution in [0.15, 0.2) is 102 Å². The molecule has 32 heavy (non-hydrogen) atoms. The fourth-order valence-electron chi connectivity index (χ4n) is 3.14. The van der Waals surface area contributed by atoms with Crippen molar-refractivity contribution in [3.05, 3.63) is 119 Å². The average molecular weight is 454 g/mol. The first-order chi connectivity index (χ1) is 15.3. The summed E-state index contributed by atoms with van der Waals surface area (Å²) < 4.78 is 59.2. The molecule has 4 nitrogen and oxygen atoms in total. The molecule has 1 aliphatic rings. The van der Waals surface area contributed by atoms with Crippen molar-refractivity contribution < 1.29 is 22.5 Å². The summed E-state index contributed by atoms with van der Waals surface area (Å²) in [6.45, 7) is 0. The number of hydrazone groups is 1. The van der Waals surface area contributed by atoms with Crippen LogP contribution in [-0.4, -0.2) is 6.21 Å². The summed E-state index contributed by atoms with van der Waals surface area (Å²) >= 11 is 0. The van der Waals surface area contributed by atoms with Gasteiger partial charge in [-0.3, -0.25) is 9.76 Å². The molecule has 0 atom stereocenters. The number of halogens is 3. The maximum atomic E-state index is 13.6. The third kappa shape index (κ3) is 5.01. The van der Waals surface area contributed by atoms with Crippen LogP contribution in [0.1, 0.15) is 22.3 Å². The van der Waals surface area contributed by atoms with E-state index in [4.69, 9.17) is 4.74 Å². The minimum absolute atomic E-state index is 0.133. The number of ether oxygens (including phenoxy) is 1. The lowest BCUT2D eigenvalue weighted by molar-refractivity contribution is -0.137. The third-order valence-electron chi connectivity index (χ3n) is 4.64. The highest BCUT2D eigenvalue weighted by Crippen LogP contribution is 2.53. The standard InChI is InChI=1S/C24H18F3N2O2P/c25-24(26,27)21-14-8-7-13-20(21)15-28-29-32(30)16-22(18-9-3-1-4-10-18)31-23(17-32)19-11-5-2-6-12-19/h1-17H,(H,29,30)/b28-15-. The lowest BCUT2D eigenvalue weighted by Crippen LogP contribution is -2.10. The van der Waals surface area contributed by atoms with Crippen molar-refractivity contribution in [2.24, 2.45) is 5.10 Å². The van der Waals surface area contributed by atoms with Gasteiger partial charge in [0.1, 0.15) is 11.5 Å². The molecule has 3 aromatic carbocycles. The van der Waals surface area contributed by atoms with Crippen LogP contribution in [0.2, 0.25) is 0 Å². The fraction of sp³-hybridized carbons (Fsp3) is 0.0417. The second kappa shape index (κ2) is 8.89. The summed E-state index contributed by atoms with van der Waals surface area (Å²) in [6.07, 6.45) is -3.50. The molecule has 0 bridgehead atoms. The van der Waals surface area contributed by atoms with E-state index >= 15 is 0 Å². The quantitative estimate of drug-likeness (QED) is 0.258. The maximum Gasteiger partial charge on any atom is 0.417 e. The van der Waals surface area contributed by atoms with E-state index in [2.05, 4.69) is 10.3 Å². The van der Waals surface area contributed by atoms with Crippen molar-refractivity contribution in [3.63, 3.8) is 0 Å². The van der Waals surface area contributed by atoms with E-state index in [9.17, 15) is 17.7 Å². The zero-order valence-corrected chi connectivity index (χ0v) is 17.6. The van der Waals surface area contributed by atoms with Crippen LogP contribution in [0.4, 0.5) is 13.2 Å². The number of benzene rings is 3. The Labute approximate surface area is 183 Å². The van der Waals surface area contributed by atoms with Crippen LogP contribution in [0.3, 0.4) is 0 Å². The molecule has 162 valence electrons. The second-order valence-corrected chi connectivity index (χ2v) is 9.11. The molecule has 0 spiro atoms. The Morgan fingerprint density at radius 3 is 1.81 bits per heavy atom. The normalized spacial score (nSPS) is 15.6. The number of alkyl halides is 3. The van der Waals surface area contributed by atoms with Gasteiger partial charge < -0.3 is 4.74 Å². The molecule has 1 N–H and O–H groups in total. The Hall–Kier alpha value is -3.57. The molecule has 1 aliphatic heterocycles. The van der Waals surface area contributed by atoms with E-state index < -0.39 is 19.0 Å². The summed E-state index contributed by atoms with van der Waals surface area (Å²) in [6, 6.07) is 23.3. The van der Waals surface area contributed by atoms with Gasteiger partial charge >= 0.3 is 6.18 Å². The molecule has 4 rings (SSSR count). The maximum absolute atomic E-state index is 13.6. The minimum Gasteiger partial charge on any atom is -0.456 e. The number of nitrogens with one attached hydrogen (secondary N) is 1. The number of nitrogens with zero attached hydrogens (tertiary/aromatic N) is 1. The highest BCUT2D eigenvalue weighted by Gasteiger charge is 2.32. The topological polar surface area (TPSA) is 50.7 Å². The second-order valence-electron chi connectivity index (χ2n) is 6.97. The summed E-state index contributed by atoms with van der Waals surface area (Å²) in [7, 11) is -3.43. The molecule has 0 aliphatic carbocycles. The molecule has 0 radical (unpaired) electrons. The van der Waals surface area contributed by atoms with Crippen molar-refractivity contribution in [1.29, 1.82) is 0 Å². The Balaban J connectivity index is 1.68. The van der Waals surface area contributed by atoms with Gasteiger partial charge in [0.15, 0.2) is 0 Å². The third-order valence-corrected chi connectivity index (χ3v) is 6.30. The van der Waals surface area contributed by atoms with Crippen molar-refractivity contribution in [2.45, 2.75) is 6.18 Å². The molecular weight excluding hydrogens is 436 g/mol. The van der Waals surface area contributed by atoms with Crippen molar-refractivity contribution in [3.8, 4) is 0 Å². The van der Waals surface area contributed by atoms with Crippen LogP contribution in [0.5, 0.6) is 0 Å². The predicted molar refractivity (Wildman–Crippen MR) is 120 cm³/mol. The Morgan fingerprint density at radius 2 is 1.28 bits per heavy atom. The highest BCUT2D eigenvalue weighted by molar-refractivity contribution is 7.68. The van der Waals surface area contributed by atoms with E-state index in [1.54, 1.807) is 0 Å². The van der Waals surface area contributed by atoms with Crippen LogP contribution >= 0.6 is 7.29 Å². The van der Waals surface area contributed by atoms with Gasteiger partial charge in [-0.2, -0.15) is 18.3 Å². The van der Waals surface area contributed by atoms with E-state index in [0.29, 0.717) is 22.6 Å². The van der Waals surface area contributed by atoms with Gasteiger partial charge in [0.25, 0.3) is 0 Å². The number of rotatable bonds is 5. The van der Waals surface area contributed by atoms with E-state index in [-0.39, 0.29) is 5.56 Å². The van der Waals surface area contributed by atoms with Gasteiger partial charge in [0, 0.05) is 28.3 Å². The summed E-state index contributed by atoms with van der Waals surface area (Å²) in [5.74, 6) is 3.58. The van der Waals surface area contributed by atoms with Gasteiger partial charge in [-0.15, -0.1) is 0 Å². The molecule has 0 aromatic heterocycles. The molecule has 0 saturated carbocycles. The summed E-state index contributed by atoms with van der Waals surface area (Å²) in [4.78, 5) is 0. The smallest absolute Gasteiger partial charge is 0.417 e. The first kappa shape index (κ1) is 21.7. The zero-order valence-electron chi connectivity index (χ0n) is 16.7. The first-order valence-corrected chi connectivity index (χ1v) is 11.5. The van der Waals surface area contributed by atoms with Gasteiger partial charge in [-0.1, -0.05) is 78.9 Å². The molecule has 0 unspecified atom stereocenters. The van der Waals surface area contributed by atoms with E-state index in [1.165, 1.54) is 29.8 Å². The monoisotopic (exact) mass is 454 g/mol. The van der Waals surface area contributed by atoms with Crippen LogP contribution in [0, 0.1) is 0 Å². The lowest BCUT2D eigenvalue weighted by atomic mass is 10.1. The lowest BCUT2D eigenvalue weighted by Gasteiger charge is -2.22. The largest absolute Gasteiger partial charge is 0.456 e. The minimum atomic E-state index is -4.52. The Morgan fingerprint density at radius 1 is 0.781 bits per heavy atom. The summed E-state index contributed by atoms with van der Waals surface area (Å²) in [5, 5.41) is 6.43. The van der Waals surface area contributed by atoms with Crippen LogP contribution < -0.4 is 5.20 Å². The molecule has 1 heterocycles. The van der Waals surface area contributed by atoms with Gasteiger partial charge in [-0.25, -0.2) is 0 Å². The highest BCUT2D eigenvalue weighted by atomic mass is 31.2. The Kier molecular flexibility index (Phi) is 6.01. The molecule has 0 fully saturated rings. The summed E-state index contributed by atoms with van der Waals surface area (Å²) in [5.41, 5.74) is 0.466. The predicted octanol–water partition coefficient (Wildman–Crippen LogP) is 6.93. The van der Waals surface area contributed by atoms with Crippen molar-refractivity contribution in [2.75, 3.05) is 0 Å². The van der Waals surface area contributed by atoms with Gasteiger partial charge in [-0.05, 0) is 6.07 Å². The molecular formula is C24H18F3N2O2P. The molecule has 3 aromatic rings. The fourth-order valence-corrected chi connectivity index (χ4v) is 4.67. The van der Waals surface area contributed by atoms with E-state index in [1.807, 2.05) is 60.7 Å². The van der Waals surface area contributed by atoms with Crippen molar-refractivity contribution in [1.82, 2.24) is 5.20 Å². The van der Waals surface area contributed by atoms with Crippen LogP contribution in [-0.2, 0) is 15.5 Å². The average Bonchev–Trinajstić information content (AvgIpc) is 2.79. The number of hydrogen-bond donors (Lipinski definition) is 1. The van der Waals surface area contributed by atoms with Gasteiger partial charge in [0.2, 0.25) is 7.29 Å². The molecule has 0 amide bonds. The zero-order chi connectivity index (χ0) is 22.6. The number of hydrogen-bond acceptors (Lipinski definition) is 3. The van der Waals surface area contributed by atoms with E-state index in [0.717, 1.165) is 12.3 Å². The van der Waals surface area contributed by atoms with Crippen LogP contribution in [0.25, 0.3) is 11.5 Å². The Bertz CT molecular complexity index is 1180. The van der Waals surface area contributed by atoms with Crippen molar-refractivity contribution >= 4 is 25.0 Å². The molecule has 8 heteroatoms. The molecule has 0 saturated heterocycles.